The standard InChI is InChI=1S/C14H22N4O.ClH/c1-8-9(2)16-17-13(8)14(19)18(3)12-6-10-4-5-11(7-12)15-10;/h10-12,15H,4-7H2,1-3H3,(H,16,17);1H. The molecule has 6 heteroatoms. The Labute approximate surface area is 125 Å². The lowest BCUT2D eigenvalue weighted by Crippen LogP contribution is -2.48. The van der Waals surface area contributed by atoms with E-state index >= 15 is 0 Å². The third-order valence-electron chi connectivity index (χ3n) is 4.77. The first-order valence-electron chi connectivity index (χ1n) is 7.11. The van der Waals surface area contributed by atoms with E-state index in [0.717, 1.165) is 24.1 Å². The first-order chi connectivity index (χ1) is 9.06. The Morgan fingerprint density at radius 2 is 1.85 bits per heavy atom. The van der Waals surface area contributed by atoms with Crippen molar-refractivity contribution in [2.45, 2.75) is 57.7 Å². The maximum atomic E-state index is 12.5. The van der Waals surface area contributed by atoms with Crippen molar-refractivity contribution in [2.75, 3.05) is 7.05 Å². The smallest absolute Gasteiger partial charge is 0.274 e. The number of aryl methyl sites for hydroxylation is 1. The SMILES string of the molecule is Cc1[nH]nc(C(=O)N(C)C2CC3CCC(C2)N3)c1C.Cl. The van der Waals surface area contributed by atoms with E-state index in [2.05, 4.69) is 15.5 Å². The summed E-state index contributed by atoms with van der Waals surface area (Å²) in [6, 6.07) is 1.55. The van der Waals surface area contributed by atoms with E-state index in [9.17, 15) is 4.79 Å². The first-order valence-corrected chi connectivity index (χ1v) is 7.11. The number of halogens is 1. The number of amides is 1. The normalized spacial score (nSPS) is 28.1. The summed E-state index contributed by atoms with van der Waals surface area (Å²) in [5.74, 6) is 0.0492. The van der Waals surface area contributed by atoms with Gasteiger partial charge in [0.25, 0.3) is 5.91 Å². The third kappa shape index (κ3) is 2.56. The molecule has 2 aliphatic heterocycles. The molecule has 2 N–H and O–H groups in total. The Morgan fingerprint density at radius 1 is 1.25 bits per heavy atom. The fourth-order valence-electron chi connectivity index (χ4n) is 3.37. The number of rotatable bonds is 2. The third-order valence-corrected chi connectivity index (χ3v) is 4.77. The average molecular weight is 299 g/mol. The van der Waals surface area contributed by atoms with E-state index in [-0.39, 0.29) is 18.3 Å². The fraction of sp³-hybridized carbons (Fsp3) is 0.714. The molecule has 20 heavy (non-hydrogen) atoms. The highest BCUT2D eigenvalue weighted by Crippen LogP contribution is 2.29. The number of hydrogen-bond acceptors (Lipinski definition) is 3. The molecule has 0 spiro atoms. The minimum atomic E-state index is 0. The summed E-state index contributed by atoms with van der Waals surface area (Å²) < 4.78 is 0. The van der Waals surface area contributed by atoms with Crippen LogP contribution in [-0.4, -0.2) is 46.2 Å². The lowest BCUT2D eigenvalue weighted by Gasteiger charge is -2.35. The molecule has 1 amide bonds. The highest BCUT2D eigenvalue weighted by molar-refractivity contribution is 5.93. The van der Waals surface area contributed by atoms with E-state index in [1.807, 2.05) is 25.8 Å². The number of nitrogens with one attached hydrogen (secondary N) is 2. The number of piperidine rings is 1. The summed E-state index contributed by atoms with van der Waals surface area (Å²) in [5, 5.41) is 10.7. The van der Waals surface area contributed by atoms with Crippen LogP contribution in [0.5, 0.6) is 0 Å². The number of fused-ring (bicyclic) bond motifs is 2. The van der Waals surface area contributed by atoms with E-state index in [4.69, 9.17) is 0 Å². The quantitative estimate of drug-likeness (QED) is 0.875. The molecule has 0 aliphatic carbocycles. The van der Waals surface area contributed by atoms with Gasteiger partial charge in [-0.1, -0.05) is 0 Å². The summed E-state index contributed by atoms with van der Waals surface area (Å²) in [6.45, 7) is 3.90. The minimum absolute atomic E-state index is 0. The molecule has 3 rings (SSSR count). The average Bonchev–Trinajstić information content (AvgIpc) is 2.91. The van der Waals surface area contributed by atoms with Crippen LogP contribution in [0.3, 0.4) is 0 Å². The lowest BCUT2D eigenvalue weighted by molar-refractivity contribution is 0.0675. The maximum absolute atomic E-state index is 12.5. The predicted octanol–water partition coefficient (Wildman–Crippen LogP) is 1.80. The number of hydrogen-bond donors (Lipinski definition) is 2. The van der Waals surface area contributed by atoms with Gasteiger partial charge in [-0.25, -0.2) is 0 Å². The molecule has 2 bridgehead atoms. The van der Waals surface area contributed by atoms with Crippen molar-refractivity contribution in [2.24, 2.45) is 0 Å². The fourth-order valence-corrected chi connectivity index (χ4v) is 3.37. The number of aromatic amines is 1. The van der Waals surface area contributed by atoms with Crippen molar-refractivity contribution < 1.29 is 4.79 Å². The van der Waals surface area contributed by atoms with Crippen LogP contribution < -0.4 is 5.32 Å². The second-order valence-corrected chi connectivity index (χ2v) is 6.00. The molecule has 0 radical (unpaired) electrons. The van der Waals surface area contributed by atoms with Crippen LogP contribution in [0.1, 0.15) is 47.4 Å². The summed E-state index contributed by atoms with van der Waals surface area (Å²) in [4.78, 5) is 14.4. The van der Waals surface area contributed by atoms with Crippen molar-refractivity contribution in [3.05, 3.63) is 17.0 Å². The van der Waals surface area contributed by atoms with Crippen LogP contribution in [-0.2, 0) is 0 Å². The van der Waals surface area contributed by atoms with Gasteiger partial charge in [-0.05, 0) is 39.5 Å². The number of H-pyrrole nitrogens is 1. The van der Waals surface area contributed by atoms with E-state index in [0.29, 0.717) is 23.8 Å². The second-order valence-electron chi connectivity index (χ2n) is 6.00. The van der Waals surface area contributed by atoms with Gasteiger partial charge in [-0.3, -0.25) is 9.89 Å². The molecule has 0 aromatic carbocycles. The van der Waals surface area contributed by atoms with Gasteiger partial charge in [0.15, 0.2) is 5.69 Å². The maximum Gasteiger partial charge on any atom is 0.274 e. The van der Waals surface area contributed by atoms with Gasteiger partial charge in [-0.2, -0.15) is 5.10 Å². The molecule has 1 aromatic rings. The lowest BCUT2D eigenvalue weighted by atomic mass is 9.98. The van der Waals surface area contributed by atoms with E-state index < -0.39 is 0 Å². The van der Waals surface area contributed by atoms with Crippen LogP contribution >= 0.6 is 12.4 Å². The first kappa shape index (κ1) is 15.3. The van der Waals surface area contributed by atoms with Crippen LogP contribution in [0.25, 0.3) is 0 Å². The molecule has 1 aromatic heterocycles. The molecule has 112 valence electrons. The molecule has 2 atom stereocenters. The van der Waals surface area contributed by atoms with Gasteiger partial charge in [0.2, 0.25) is 0 Å². The summed E-state index contributed by atoms with van der Waals surface area (Å²) in [6.07, 6.45) is 4.65. The van der Waals surface area contributed by atoms with E-state index in [1.54, 1.807) is 0 Å². The molecule has 2 fully saturated rings. The monoisotopic (exact) mass is 298 g/mol. The number of carbonyl (C=O) groups is 1. The van der Waals surface area contributed by atoms with Gasteiger partial charge >= 0.3 is 0 Å². The van der Waals surface area contributed by atoms with Crippen molar-refractivity contribution >= 4 is 18.3 Å². The second kappa shape index (κ2) is 5.74. The van der Waals surface area contributed by atoms with Gasteiger partial charge in [0.1, 0.15) is 0 Å². The molecule has 2 aliphatic rings. The predicted molar refractivity (Wildman–Crippen MR) is 80.4 cm³/mol. The Kier molecular flexibility index (Phi) is 4.39. The van der Waals surface area contributed by atoms with Gasteiger partial charge in [0, 0.05) is 36.4 Å². The van der Waals surface area contributed by atoms with E-state index in [1.165, 1.54) is 12.8 Å². The molecule has 0 saturated carbocycles. The van der Waals surface area contributed by atoms with Gasteiger partial charge in [-0.15, -0.1) is 12.4 Å². The molecule has 3 heterocycles. The number of nitrogens with zero attached hydrogens (tertiary/aromatic N) is 2. The minimum Gasteiger partial charge on any atom is -0.337 e. The van der Waals surface area contributed by atoms with Crippen molar-refractivity contribution in [3.63, 3.8) is 0 Å². The van der Waals surface area contributed by atoms with Gasteiger partial charge < -0.3 is 10.2 Å². The highest BCUT2D eigenvalue weighted by atomic mass is 35.5. The summed E-state index contributed by atoms with van der Waals surface area (Å²) in [7, 11) is 1.92. The zero-order valence-corrected chi connectivity index (χ0v) is 13.1. The topological polar surface area (TPSA) is 61.0 Å². The van der Waals surface area contributed by atoms with Crippen LogP contribution in [0.15, 0.2) is 0 Å². The van der Waals surface area contributed by atoms with Crippen LogP contribution in [0.2, 0.25) is 0 Å². The number of carbonyl (C=O) groups excluding carboxylic acids is 1. The van der Waals surface area contributed by atoms with Gasteiger partial charge in [0.05, 0.1) is 0 Å². The van der Waals surface area contributed by atoms with Crippen LogP contribution in [0, 0.1) is 13.8 Å². The van der Waals surface area contributed by atoms with Crippen molar-refractivity contribution in [1.29, 1.82) is 0 Å². The molecular formula is C14H23ClN4O. The van der Waals surface area contributed by atoms with Crippen molar-refractivity contribution in [3.8, 4) is 0 Å². The highest BCUT2D eigenvalue weighted by Gasteiger charge is 2.37. The summed E-state index contributed by atoms with van der Waals surface area (Å²) >= 11 is 0. The summed E-state index contributed by atoms with van der Waals surface area (Å²) in [5.41, 5.74) is 2.52. The largest absolute Gasteiger partial charge is 0.337 e. The molecular weight excluding hydrogens is 276 g/mol. The Hall–Kier alpha value is -1.07. The molecule has 2 unspecified atom stereocenters. The zero-order chi connectivity index (χ0) is 13.6. The Morgan fingerprint density at radius 3 is 2.35 bits per heavy atom. The molecule has 5 nitrogen and oxygen atoms in total. The number of aromatic nitrogens is 2. The van der Waals surface area contributed by atoms with Crippen molar-refractivity contribution in [1.82, 2.24) is 20.4 Å². The zero-order valence-electron chi connectivity index (χ0n) is 12.3. The Balaban J connectivity index is 0.00000147. The molecule has 2 saturated heterocycles. The van der Waals surface area contributed by atoms with Crippen LogP contribution in [0.4, 0.5) is 0 Å². The Bertz CT molecular complexity index is 489.